The lowest BCUT2D eigenvalue weighted by Gasteiger charge is -2.13. The van der Waals surface area contributed by atoms with Crippen LogP contribution in [-0.2, 0) is 17.9 Å². The molecule has 0 bridgehead atoms. The minimum Gasteiger partial charge on any atom is -0.490 e. The number of imide groups is 1. The van der Waals surface area contributed by atoms with Crippen molar-refractivity contribution in [3.05, 3.63) is 100 Å². The second kappa shape index (κ2) is 10.2. The lowest BCUT2D eigenvalue weighted by molar-refractivity contribution is -0.123. The molecular formula is C27H25FN2O4. The van der Waals surface area contributed by atoms with Crippen molar-refractivity contribution >= 4 is 18.0 Å². The summed E-state index contributed by atoms with van der Waals surface area (Å²) in [6.45, 7) is 4.58. The van der Waals surface area contributed by atoms with E-state index in [1.807, 2.05) is 38.1 Å². The highest BCUT2D eigenvalue weighted by atomic mass is 19.1. The Hall–Kier alpha value is -4.13. The maximum Gasteiger partial charge on any atom is 0.329 e. The van der Waals surface area contributed by atoms with Crippen LogP contribution in [0.3, 0.4) is 0 Å². The van der Waals surface area contributed by atoms with Crippen molar-refractivity contribution in [3.63, 3.8) is 0 Å². The highest BCUT2D eigenvalue weighted by molar-refractivity contribution is 6.13. The second-order valence-electron chi connectivity index (χ2n) is 7.88. The van der Waals surface area contributed by atoms with E-state index in [1.54, 1.807) is 42.5 Å². The number of halogens is 1. The third kappa shape index (κ3) is 5.26. The minimum absolute atomic E-state index is 0.108. The maximum absolute atomic E-state index is 14.0. The number of nitrogens with one attached hydrogen (secondary N) is 1. The van der Waals surface area contributed by atoms with Crippen LogP contribution in [0.1, 0.15) is 29.2 Å². The molecule has 1 aliphatic heterocycles. The largest absolute Gasteiger partial charge is 0.490 e. The van der Waals surface area contributed by atoms with E-state index in [0.717, 1.165) is 10.5 Å². The molecule has 1 saturated heterocycles. The Kier molecular flexibility index (Phi) is 6.92. The maximum atomic E-state index is 14.0. The highest BCUT2D eigenvalue weighted by Crippen LogP contribution is 2.30. The molecule has 1 heterocycles. The fourth-order valence-electron chi connectivity index (χ4n) is 3.53. The molecule has 1 fully saturated rings. The number of aryl methyl sites for hydroxylation is 1. The van der Waals surface area contributed by atoms with Gasteiger partial charge in [-0.15, -0.1) is 0 Å². The fourth-order valence-corrected chi connectivity index (χ4v) is 3.53. The van der Waals surface area contributed by atoms with E-state index in [-0.39, 0.29) is 17.8 Å². The van der Waals surface area contributed by atoms with E-state index in [0.29, 0.717) is 30.3 Å². The number of amides is 3. The Morgan fingerprint density at radius 3 is 2.47 bits per heavy atom. The number of ether oxygens (including phenoxy) is 2. The number of nitrogens with zero attached hydrogens (tertiary/aromatic N) is 1. The lowest BCUT2D eigenvalue weighted by Crippen LogP contribution is -2.30. The molecular weight excluding hydrogens is 435 g/mol. The Labute approximate surface area is 197 Å². The van der Waals surface area contributed by atoms with Gasteiger partial charge in [-0.25, -0.2) is 9.18 Å². The summed E-state index contributed by atoms with van der Waals surface area (Å²) >= 11 is 0. The van der Waals surface area contributed by atoms with Crippen LogP contribution in [0, 0.1) is 12.7 Å². The summed E-state index contributed by atoms with van der Waals surface area (Å²) in [5.74, 6) is 0.116. The van der Waals surface area contributed by atoms with Crippen LogP contribution in [0.2, 0.25) is 0 Å². The number of carbonyl (C=O) groups excluding carboxylic acids is 2. The second-order valence-corrected chi connectivity index (χ2v) is 7.88. The zero-order valence-corrected chi connectivity index (χ0v) is 19.0. The van der Waals surface area contributed by atoms with E-state index < -0.39 is 17.8 Å². The summed E-state index contributed by atoms with van der Waals surface area (Å²) in [6.07, 6.45) is 1.56. The molecule has 3 aromatic carbocycles. The minimum atomic E-state index is -0.595. The molecule has 0 saturated carbocycles. The van der Waals surface area contributed by atoms with Gasteiger partial charge in [0.25, 0.3) is 5.91 Å². The van der Waals surface area contributed by atoms with Gasteiger partial charge in [0.2, 0.25) is 0 Å². The van der Waals surface area contributed by atoms with Gasteiger partial charge in [-0.2, -0.15) is 0 Å². The molecule has 1 N–H and O–H groups in total. The average molecular weight is 461 g/mol. The van der Waals surface area contributed by atoms with Crippen LogP contribution < -0.4 is 14.8 Å². The molecule has 0 aromatic heterocycles. The quantitative estimate of drug-likeness (QED) is 0.370. The van der Waals surface area contributed by atoms with Gasteiger partial charge >= 0.3 is 6.03 Å². The SMILES string of the molecule is CCOc1cc(/C=C2/NC(=O)N(Cc3ccccc3F)C2=O)ccc1OCc1ccc(C)cc1. The smallest absolute Gasteiger partial charge is 0.329 e. The van der Waals surface area contributed by atoms with Crippen molar-refractivity contribution in [2.75, 3.05) is 6.61 Å². The van der Waals surface area contributed by atoms with E-state index >= 15 is 0 Å². The number of hydrogen-bond acceptors (Lipinski definition) is 4. The van der Waals surface area contributed by atoms with Crippen molar-refractivity contribution in [1.82, 2.24) is 10.2 Å². The van der Waals surface area contributed by atoms with Crippen molar-refractivity contribution < 1.29 is 23.5 Å². The predicted molar refractivity (Wildman–Crippen MR) is 127 cm³/mol. The molecule has 0 spiro atoms. The van der Waals surface area contributed by atoms with E-state index in [2.05, 4.69) is 5.32 Å². The number of rotatable bonds is 8. The molecule has 6 nitrogen and oxygen atoms in total. The van der Waals surface area contributed by atoms with Crippen LogP contribution in [-0.4, -0.2) is 23.4 Å². The molecule has 34 heavy (non-hydrogen) atoms. The van der Waals surface area contributed by atoms with E-state index in [4.69, 9.17) is 9.47 Å². The summed E-state index contributed by atoms with van der Waals surface area (Å²) in [5, 5.41) is 2.56. The first-order valence-electron chi connectivity index (χ1n) is 11.0. The topological polar surface area (TPSA) is 67.9 Å². The van der Waals surface area contributed by atoms with Gasteiger partial charge in [-0.1, -0.05) is 54.1 Å². The third-order valence-electron chi connectivity index (χ3n) is 5.34. The summed E-state index contributed by atoms with van der Waals surface area (Å²) in [4.78, 5) is 26.1. The van der Waals surface area contributed by atoms with Crippen molar-refractivity contribution in [3.8, 4) is 11.5 Å². The van der Waals surface area contributed by atoms with Crippen LogP contribution >= 0.6 is 0 Å². The van der Waals surface area contributed by atoms with Crippen LogP contribution in [0.4, 0.5) is 9.18 Å². The van der Waals surface area contributed by atoms with Gasteiger partial charge in [0.05, 0.1) is 13.2 Å². The fraction of sp³-hybridized carbons (Fsp3) is 0.185. The molecule has 0 unspecified atom stereocenters. The van der Waals surface area contributed by atoms with E-state index in [9.17, 15) is 14.0 Å². The molecule has 0 atom stereocenters. The predicted octanol–water partition coefficient (Wildman–Crippen LogP) is 5.20. The molecule has 0 radical (unpaired) electrons. The van der Waals surface area contributed by atoms with Gasteiger partial charge in [-0.05, 0) is 49.2 Å². The number of hydrogen-bond donors (Lipinski definition) is 1. The Bertz CT molecular complexity index is 1240. The third-order valence-corrected chi connectivity index (χ3v) is 5.34. The molecule has 1 aliphatic rings. The summed E-state index contributed by atoms with van der Waals surface area (Å²) in [5.41, 5.74) is 3.24. The van der Waals surface area contributed by atoms with Gasteiger partial charge in [0, 0.05) is 5.56 Å². The van der Waals surface area contributed by atoms with Crippen LogP contribution in [0.15, 0.2) is 72.4 Å². The average Bonchev–Trinajstić information content (AvgIpc) is 3.08. The first kappa shape index (κ1) is 23.0. The lowest BCUT2D eigenvalue weighted by atomic mass is 10.1. The highest BCUT2D eigenvalue weighted by Gasteiger charge is 2.34. The molecule has 174 valence electrons. The van der Waals surface area contributed by atoms with Gasteiger partial charge in [0.15, 0.2) is 11.5 Å². The number of benzene rings is 3. The molecule has 4 rings (SSSR count). The molecule has 3 amide bonds. The van der Waals surface area contributed by atoms with Gasteiger partial charge in [0.1, 0.15) is 18.1 Å². The van der Waals surface area contributed by atoms with Crippen molar-refractivity contribution in [1.29, 1.82) is 0 Å². The summed E-state index contributed by atoms with van der Waals surface area (Å²) < 4.78 is 25.7. The van der Waals surface area contributed by atoms with Crippen LogP contribution in [0.25, 0.3) is 6.08 Å². The summed E-state index contributed by atoms with van der Waals surface area (Å²) in [6, 6.07) is 18.8. The van der Waals surface area contributed by atoms with Crippen molar-refractivity contribution in [2.45, 2.75) is 27.0 Å². The van der Waals surface area contributed by atoms with Crippen molar-refractivity contribution in [2.24, 2.45) is 0 Å². The van der Waals surface area contributed by atoms with Crippen LogP contribution in [0.5, 0.6) is 11.5 Å². The number of urea groups is 1. The molecule has 3 aromatic rings. The zero-order chi connectivity index (χ0) is 24.1. The number of carbonyl (C=O) groups is 2. The Balaban J connectivity index is 1.51. The summed E-state index contributed by atoms with van der Waals surface area (Å²) in [7, 11) is 0. The van der Waals surface area contributed by atoms with Gasteiger partial charge < -0.3 is 14.8 Å². The zero-order valence-electron chi connectivity index (χ0n) is 19.0. The molecule has 7 heteroatoms. The van der Waals surface area contributed by atoms with E-state index in [1.165, 1.54) is 11.6 Å². The monoisotopic (exact) mass is 460 g/mol. The standard InChI is InChI=1S/C27H25FN2O4/c1-3-33-25-15-20(12-13-24(25)34-17-19-10-8-18(2)9-11-19)14-23-26(31)30(27(32)29-23)16-21-6-4-5-7-22(21)28/h4-15H,3,16-17H2,1-2H3,(H,29,32)/b23-14+. The normalized spacial score (nSPS) is 14.4. The molecule has 0 aliphatic carbocycles. The Morgan fingerprint density at radius 1 is 0.971 bits per heavy atom. The first-order valence-corrected chi connectivity index (χ1v) is 11.0. The Morgan fingerprint density at radius 2 is 1.74 bits per heavy atom. The van der Waals surface area contributed by atoms with Gasteiger partial charge in [-0.3, -0.25) is 9.69 Å². The first-order chi connectivity index (χ1) is 16.4.